The van der Waals surface area contributed by atoms with Gasteiger partial charge in [-0.25, -0.2) is 0 Å². The maximum absolute atomic E-state index is 12.6. The van der Waals surface area contributed by atoms with Crippen molar-refractivity contribution >= 4 is 22.8 Å². The number of fused-ring (bicyclic) bond motifs is 3. The molecule has 0 spiro atoms. The van der Waals surface area contributed by atoms with E-state index in [1.54, 1.807) is 11.9 Å². The van der Waals surface area contributed by atoms with Gasteiger partial charge in [0.15, 0.2) is 6.61 Å². The molecule has 1 N–H and O–H groups in total. The molecule has 1 saturated carbocycles. The maximum Gasteiger partial charge on any atom is 0.260 e. The summed E-state index contributed by atoms with van der Waals surface area (Å²) in [4.78, 5) is 26.3. The lowest BCUT2D eigenvalue weighted by atomic mass is 9.96. The van der Waals surface area contributed by atoms with Crippen LogP contribution in [0.5, 0.6) is 5.75 Å². The zero-order valence-corrected chi connectivity index (χ0v) is 18.4. The van der Waals surface area contributed by atoms with E-state index in [4.69, 9.17) is 9.15 Å². The van der Waals surface area contributed by atoms with Crippen molar-refractivity contribution in [2.24, 2.45) is 0 Å². The van der Waals surface area contributed by atoms with Gasteiger partial charge in [-0.15, -0.1) is 0 Å². The first-order valence-electron chi connectivity index (χ1n) is 11.4. The van der Waals surface area contributed by atoms with Crippen molar-refractivity contribution < 1.29 is 18.7 Å². The molecule has 0 radical (unpaired) electrons. The molecule has 6 heteroatoms. The first-order chi connectivity index (χ1) is 15.6. The number of hydrogen-bond acceptors (Lipinski definition) is 4. The molecule has 2 amide bonds. The molecule has 0 saturated heterocycles. The molecule has 1 aromatic heterocycles. The fourth-order valence-corrected chi connectivity index (χ4v) is 4.21. The summed E-state index contributed by atoms with van der Waals surface area (Å²) in [5, 5.41) is 4.08. The molecule has 3 aromatic rings. The summed E-state index contributed by atoms with van der Waals surface area (Å²) in [7, 11) is 1.76. The van der Waals surface area contributed by atoms with E-state index in [-0.39, 0.29) is 18.4 Å². The first kappa shape index (κ1) is 20.6. The van der Waals surface area contributed by atoms with Crippen LogP contribution in [-0.4, -0.2) is 36.4 Å². The Morgan fingerprint density at radius 3 is 2.66 bits per heavy atom. The SMILES string of the molecule is CN(Cc1ccc(C(=O)NC2CC2)cc1)C(=O)COc1ccc2oc3c(c2c1)CCCC3. The quantitative estimate of drug-likeness (QED) is 0.606. The number of benzene rings is 2. The summed E-state index contributed by atoms with van der Waals surface area (Å²) >= 11 is 0. The van der Waals surface area contributed by atoms with Crippen molar-refractivity contribution in [3.8, 4) is 5.75 Å². The lowest BCUT2D eigenvalue weighted by Gasteiger charge is -2.18. The van der Waals surface area contributed by atoms with E-state index < -0.39 is 0 Å². The van der Waals surface area contributed by atoms with Gasteiger partial charge in [-0.3, -0.25) is 9.59 Å². The Morgan fingerprint density at radius 2 is 1.88 bits per heavy atom. The fraction of sp³-hybridized carbons (Fsp3) is 0.385. The van der Waals surface area contributed by atoms with Crippen LogP contribution in [0, 0.1) is 0 Å². The number of hydrogen-bond donors (Lipinski definition) is 1. The standard InChI is InChI=1S/C26H28N2O4/c1-28(15-17-6-8-18(9-7-17)26(30)27-19-10-11-19)25(29)16-31-20-12-13-24-22(14-20)21-4-2-3-5-23(21)32-24/h6-9,12-14,19H,2-5,10-11,15-16H2,1H3,(H,27,30). The topological polar surface area (TPSA) is 71.8 Å². The number of amides is 2. The van der Waals surface area contributed by atoms with Crippen LogP contribution < -0.4 is 10.1 Å². The Kier molecular flexibility index (Phi) is 5.60. The highest BCUT2D eigenvalue weighted by molar-refractivity contribution is 5.94. The Bertz CT molecular complexity index is 1140. The van der Waals surface area contributed by atoms with Crippen LogP contribution in [0.4, 0.5) is 0 Å². The molecule has 6 nitrogen and oxygen atoms in total. The number of carbonyl (C=O) groups is 2. The van der Waals surface area contributed by atoms with Gasteiger partial charge >= 0.3 is 0 Å². The lowest BCUT2D eigenvalue weighted by molar-refractivity contribution is -0.132. The van der Waals surface area contributed by atoms with Crippen LogP contribution in [0.15, 0.2) is 46.9 Å². The van der Waals surface area contributed by atoms with Gasteiger partial charge in [-0.05, 0) is 68.0 Å². The van der Waals surface area contributed by atoms with Gasteiger partial charge in [0.25, 0.3) is 11.8 Å². The second-order valence-electron chi connectivity index (χ2n) is 8.85. The number of ether oxygens (including phenoxy) is 1. The van der Waals surface area contributed by atoms with Gasteiger partial charge in [0.05, 0.1) is 0 Å². The zero-order valence-electron chi connectivity index (χ0n) is 18.4. The lowest BCUT2D eigenvalue weighted by Crippen LogP contribution is -2.31. The minimum Gasteiger partial charge on any atom is -0.484 e. The Hall–Kier alpha value is -3.28. The van der Waals surface area contributed by atoms with Gasteiger partial charge in [0.1, 0.15) is 17.1 Å². The van der Waals surface area contributed by atoms with Crippen molar-refractivity contribution in [2.45, 2.75) is 51.1 Å². The normalized spacial score (nSPS) is 15.3. The van der Waals surface area contributed by atoms with Crippen LogP contribution in [0.1, 0.15) is 52.9 Å². The molecule has 32 heavy (non-hydrogen) atoms. The van der Waals surface area contributed by atoms with Gasteiger partial charge in [0, 0.05) is 42.6 Å². The number of rotatable bonds is 7. The van der Waals surface area contributed by atoms with E-state index in [1.165, 1.54) is 18.4 Å². The summed E-state index contributed by atoms with van der Waals surface area (Å²) in [5.74, 6) is 1.64. The van der Waals surface area contributed by atoms with Crippen molar-refractivity contribution in [3.63, 3.8) is 0 Å². The predicted molar refractivity (Wildman–Crippen MR) is 122 cm³/mol. The molecule has 1 heterocycles. The van der Waals surface area contributed by atoms with Crippen molar-refractivity contribution in [1.82, 2.24) is 10.2 Å². The number of carbonyl (C=O) groups excluding carboxylic acids is 2. The van der Waals surface area contributed by atoms with Gasteiger partial charge in [-0.1, -0.05) is 12.1 Å². The molecule has 2 aliphatic rings. The smallest absolute Gasteiger partial charge is 0.260 e. The zero-order chi connectivity index (χ0) is 22.1. The van der Waals surface area contributed by atoms with E-state index in [0.717, 1.165) is 48.0 Å². The molecule has 2 aromatic carbocycles. The molecule has 0 atom stereocenters. The molecule has 0 bridgehead atoms. The van der Waals surface area contributed by atoms with E-state index in [2.05, 4.69) is 5.32 Å². The third-order valence-electron chi connectivity index (χ3n) is 6.26. The highest BCUT2D eigenvalue weighted by atomic mass is 16.5. The first-order valence-corrected chi connectivity index (χ1v) is 11.4. The van der Waals surface area contributed by atoms with Crippen molar-refractivity contribution in [2.75, 3.05) is 13.7 Å². The summed E-state index contributed by atoms with van der Waals surface area (Å²) in [5.41, 5.74) is 3.79. The average molecular weight is 433 g/mol. The minimum atomic E-state index is -0.102. The van der Waals surface area contributed by atoms with E-state index >= 15 is 0 Å². The van der Waals surface area contributed by atoms with E-state index in [1.807, 2.05) is 42.5 Å². The largest absolute Gasteiger partial charge is 0.484 e. The molecular weight excluding hydrogens is 404 g/mol. The summed E-state index contributed by atoms with van der Waals surface area (Å²) in [6, 6.07) is 13.5. The number of nitrogens with zero attached hydrogens (tertiary/aromatic N) is 1. The number of likely N-dealkylation sites (N-methyl/N-ethyl adjacent to an activating group) is 1. The molecule has 5 rings (SSSR count). The summed E-state index contributed by atoms with van der Waals surface area (Å²) < 4.78 is 11.8. The molecule has 1 fully saturated rings. The van der Waals surface area contributed by atoms with E-state index in [9.17, 15) is 9.59 Å². The number of aryl methyl sites for hydroxylation is 2. The third kappa shape index (κ3) is 4.49. The Labute approximate surface area is 187 Å². The molecule has 0 unspecified atom stereocenters. The molecule has 166 valence electrons. The monoisotopic (exact) mass is 432 g/mol. The molecule has 0 aliphatic heterocycles. The number of nitrogens with one attached hydrogen (secondary N) is 1. The van der Waals surface area contributed by atoms with Gasteiger partial charge in [-0.2, -0.15) is 0 Å². The highest BCUT2D eigenvalue weighted by Crippen LogP contribution is 2.34. The highest BCUT2D eigenvalue weighted by Gasteiger charge is 2.23. The number of furan rings is 1. The van der Waals surface area contributed by atoms with E-state index in [0.29, 0.717) is 23.9 Å². The van der Waals surface area contributed by atoms with Crippen LogP contribution in [0.25, 0.3) is 11.0 Å². The third-order valence-corrected chi connectivity index (χ3v) is 6.26. The second kappa shape index (κ2) is 8.69. The fourth-order valence-electron chi connectivity index (χ4n) is 4.21. The van der Waals surface area contributed by atoms with Crippen LogP contribution >= 0.6 is 0 Å². The minimum absolute atomic E-state index is 0.0239. The van der Waals surface area contributed by atoms with Crippen LogP contribution in [-0.2, 0) is 24.2 Å². The maximum atomic E-state index is 12.6. The van der Waals surface area contributed by atoms with Crippen molar-refractivity contribution in [3.05, 3.63) is 64.9 Å². The van der Waals surface area contributed by atoms with Crippen LogP contribution in [0.3, 0.4) is 0 Å². The molecular formula is C26H28N2O4. The van der Waals surface area contributed by atoms with Gasteiger partial charge < -0.3 is 19.4 Å². The summed E-state index contributed by atoms with van der Waals surface area (Å²) in [6.45, 7) is 0.435. The van der Waals surface area contributed by atoms with Gasteiger partial charge in [0.2, 0.25) is 0 Å². The Morgan fingerprint density at radius 1 is 1.09 bits per heavy atom. The Balaban J connectivity index is 1.16. The average Bonchev–Trinajstić information content (AvgIpc) is 3.55. The second-order valence-corrected chi connectivity index (χ2v) is 8.85. The predicted octanol–water partition coefficient (Wildman–Crippen LogP) is 4.24. The van der Waals surface area contributed by atoms with Crippen molar-refractivity contribution in [1.29, 1.82) is 0 Å². The summed E-state index contributed by atoms with van der Waals surface area (Å²) in [6.07, 6.45) is 6.52. The van der Waals surface area contributed by atoms with Crippen LogP contribution in [0.2, 0.25) is 0 Å². The molecule has 2 aliphatic carbocycles.